The van der Waals surface area contributed by atoms with Crippen molar-refractivity contribution >= 4 is 29.9 Å². The van der Waals surface area contributed by atoms with Crippen molar-refractivity contribution in [3.05, 3.63) is 42.6 Å². The van der Waals surface area contributed by atoms with E-state index >= 15 is 0 Å². The summed E-state index contributed by atoms with van der Waals surface area (Å²) in [6.45, 7) is 4.88. The van der Waals surface area contributed by atoms with Crippen molar-refractivity contribution in [2.24, 2.45) is 16.6 Å². The Morgan fingerprint density at radius 1 is 1.35 bits per heavy atom. The average molecular weight is 426 g/mol. The molecule has 2 N–H and O–H groups in total. The Balaban J connectivity index is 0.00000192. The Hall–Kier alpha value is -1.64. The van der Waals surface area contributed by atoms with Crippen molar-refractivity contribution in [1.29, 1.82) is 0 Å². The number of aliphatic imine (C=N–C) groups is 1. The van der Waals surface area contributed by atoms with Gasteiger partial charge in [0.1, 0.15) is 12.1 Å². The molecule has 1 aliphatic heterocycles. The molecule has 124 valence electrons. The van der Waals surface area contributed by atoms with Crippen LogP contribution >= 0.6 is 24.0 Å². The zero-order valence-corrected chi connectivity index (χ0v) is 15.6. The van der Waals surface area contributed by atoms with Gasteiger partial charge in [-0.2, -0.15) is 0 Å². The number of aromatic nitrogens is 3. The number of halogens is 1. The zero-order chi connectivity index (χ0) is 15.4. The summed E-state index contributed by atoms with van der Waals surface area (Å²) in [5, 5.41) is 0. The summed E-state index contributed by atoms with van der Waals surface area (Å²) < 4.78 is 1.88. The molecule has 23 heavy (non-hydrogen) atoms. The fourth-order valence-corrected chi connectivity index (χ4v) is 2.60. The van der Waals surface area contributed by atoms with E-state index in [4.69, 9.17) is 5.73 Å². The van der Waals surface area contributed by atoms with Crippen molar-refractivity contribution < 1.29 is 0 Å². The molecule has 0 aliphatic carbocycles. The van der Waals surface area contributed by atoms with Gasteiger partial charge in [-0.3, -0.25) is 4.57 Å². The predicted octanol–water partition coefficient (Wildman–Crippen LogP) is 2.43. The maximum Gasteiger partial charge on any atom is 0.191 e. The number of piperidine rings is 1. The molecule has 0 spiro atoms. The number of hydrogen-bond donors (Lipinski definition) is 1. The van der Waals surface area contributed by atoms with Gasteiger partial charge < -0.3 is 10.6 Å². The summed E-state index contributed by atoms with van der Waals surface area (Å²) in [4.78, 5) is 15.1. The van der Waals surface area contributed by atoms with Gasteiger partial charge >= 0.3 is 0 Å². The number of pyridine rings is 1. The van der Waals surface area contributed by atoms with Crippen molar-refractivity contribution in [3.63, 3.8) is 0 Å². The molecule has 3 heterocycles. The smallest absolute Gasteiger partial charge is 0.191 e. The number of nitrogens with two attached hydrogens (primary N) is 1. The topological polar surface area (TPSA) is 72.3 Å². The maximum atomic E-state index is 6.12. The number of nitrogens with zero attached hydrogens (tertiary/aromatic N) is 5. The second-order valence-electron chi connectivity index (χ2n) is 5.84. The Kier molecular flexibility index (Phi) is 6.37. The lowest BCUT2D eigenvalue weighted by atomic mass is 10.00. The molecule has 1 aliphatic rings. The summed E-state index contributed by atoms with van der Waals surface area (Å²) in [6.07, 6.45) is 9.52. The Morgan fingerprint density at radius 2 is 2.13 bits per heavy atom. The highest BCUT2D eigenvalue weighted by atomic mass is 127. The Morgan fingerprint density at radius 3 is 2.83 bits per heavy atom. The van der Waals surface area contributed by atoms with Crippen LogP contribution in [0.2, 0.25) is 0 Å². The highest BCUT2D eigenvalue weighted by molar-refractivity contribution is 14.0. The lowest BCUT2D eigenvalue weighted by Gasteiger charge is -2.31. The number of likely N-dealkylation sites (tertiary alicyclic amines) is 1. The van der Waals surface area contributed by atoms with E-state index in [0.717, 1.165) is 30.4 Å². The van der Waals surface area contributed by atoms with Crippen LogP contribution in [0.15, 0.2) is 42.0 Å². The lowest BCUT2D eigenvalue weighted by Crippen LogP contribution is -2.42. The Bertz CT molecular complexity index is 632. The van der Waals surface area contributed by atoms with E-state index in [1.807, 2.05) is 22.9 Å². The molecule has 6 nitrogen and oxygen atoms in total. The van der Waals surface area contributed by atoms with E-state index in [2.05, 4.69) is 26.8 Å². The molecule has 0 saturated carbocycles. The van der Waals surface area contributed by atoms with Crippen molar-refractivity contribution in [1.82, 2.24) is 19.4 Å². The molecule has 0 amide bonds. The monoisotopic (exact) mass is 426 g/mol. The molecule has 1 saturated heterocycles. The fourth-order valence-electron chi connectivity index (χ4n) is 2.60. The van der Waals surface area contributed by atoms with Crippen molar-refractivity contribution in [2.75, 3.05) is 13.1 Å². The largest absolute Gasteiger partial charge is 0.370 e. The molecule has 1 fully saturated rings. The molecule has 7 heteroatoms. The first-order chi connectivity index (χ1) is 10.7. The van der Waals surface area contributed by atoms with Gasteiger partial charge in [0.15, 0.2) is 5.96 Å². The normalized spacial score (nSPS) is 16.2. The molecule has 0 radical (unpaired) electrons. The minimum absolute atomic E-state index is 0. The number of rotatable bonds is 3. The Labute approximate surface area is 153 Å². The van der Waals surface area contributed by atoms with Gasteiger partial charge in [-0.15, -0.1) is 24.0 Å². The maximum absolute atomic E-state index is 6.12. The number of guanidine groups is 1. The third-order valence-electron chi connectivity index (χ3n) is 4.11. The molecule has 3 rings (SSSR count). The zero-order valence-electron chi connectivity index (χ0n) is 13.3. The van der Waals surface area contributed by atoms with Gasteiger partial charge in [-0.1, -0.05) is 6.92 Å². The summed E-state index contributed by atoms with van der Waals surface area (Å²) in [5.41, 5.74) is 7.21. The molecule has 2 aromatic rings. The summed E-state index contributed by atoms with van der Waals surface area (Å²) in [7, 11) is 0. The molecular formula is C16H23IN6. The van der Waals surface area contributed by atoms with Crippen LogP contribution in [-0.2, 0) is 6.54 Å². The van der Waals surface area contributed by atoms with Crippen molar-refractivity contribution in [2.45, 2.75) is 26.3 Å². The van der Waals surface area contributed by atoms with Gasteiger partial charge in [0.2, 0.25) is 0 Å². The van der Waals surface area contributed by atoms with E-state index in [0.29, 0.717) is 12.5 Å². The second-order valence-corrected chi connectivity index (χ2v) is 5.84. The number of imidazole rings is 1. The van der Waals surface area contributed by atoms with E-state index in [9.17, 15) is 0 Å². The van der Waals surface area contributed by atoms with Crippen LogP contribution in [0.1, 0.15) is 25.3 Å². The first-order valence-corrected chi connectivity index (χ1v) is 7.70. The van der Waals surface area contributed by atoms with Crippen LogP contribution in [-0.4, -0.2) is 38.5 Å². The van der Waals surface area contributed by atoms with Gasteiger partial charge in [-0.05, 0) is 36.5 Å². The first-order valence-electron chi connectivity index (χ1n) is 7.70. The molecule has 0 aromatic carbocycles. The quantitative estimate of drug-likeness (QED) is 0.465. The number of hydrogen-bond acceptors (Lipinski definition) is 3. The third-order valence-corrected chi connectivity index (χ3v) is 4.11. The van der Waals surface area contributed by atoms with Crippen LogP contribution in [0.25, 0.3) is 5.82 Å². The first kappa shape index (κ1) is 17.7. The van der Waals surface area contributed by atoms with Gasteiger partial charge in [0, 0.05) is 31.7 Å². The molecular weight excluding hydrogens is 403 g/mol. The molecule has 0 bridgehead atoms. The SMILES string of the molecule is CC1CCN(C(N)=NCc2ccnc(-n3ccnc3)c2)CC1.I. The van der Waals surface area contributed by atoms with Crippen molar-refractivity contribution in [3.8, 4) is 5.82 Å². The second kappa shape index (κ2) is 8.28. The standard InChI is InChI=1S/C16H22N6.HI/c1-13-3-7-21(8-4-13)16(17)20-11-14-2-5-19-15(10-14)22-9-6-18-12-22;/h2,5-6,9-10,12-13H,3-4,7-8,11H2,1H3,(H2,17,20);1H. The fraction of sp³-hybridized carbons (Fsp3) is 0.438. The molecule has 2 aromatic heterocycles. The highest BCUT2D eigenvalue weighted by Crippen LogP contribution is 2.15. The minimum atomic E-state index is 0. The van der Waals surface area contributed by atoms with E-state index < -0.39 is 0 Å². The highest BCUT2D eigenvalue weighted by Gasteiger charge is 2.16. The van der Waals surface area contributed by atoms with Crippen LogP contribution in [0.4, 0.5) is 0 Å². The molecule has 0 atom stereocenters. The predicted molar refractivity (Wildman–Crippen MR) is 102 cm³/mol. The lowest BCUT2D eigenvalue weighted by molar-refractivity contribution is 0.277. The summed E-state index contributed by atoms with van der Waals surface area (Å²) in [5.74, 6) is 2.28. The van der Waals surface area contributed by atoms with E-state index in [-0.39, 0.29) is 24.0 Å². The molecule has 0 unspecified atom stereocenters. The van der Waals surface area contributed by atoms with Crippen LogP contribution in [0.3, 0.4) is 0 Å². The third kappa shape index (κ3) is 4.66. The summed E-state index contributed by atoms with van der Waals surface area (Å²) in [6, 6.07) is 3.98. The van der Waals surface area contributed by atoms with E-state index in [1.54, 1.807) is 18.7 Å². The minimum Gasteiger partial charge on any atom is -0.370 e. The van der Waals surface area contributed by atoms with Crippen LogP contribution in [0, 0.1) is 5.92 Å². The van der Waals surface area contributed by atoms with Gasteiger partial charge in [0.05, 0.1) is 6.54 Å². The van der Waals surface area contributed by atoms with E-state index in [1.165, 1.54) is 12.8 Å². The van der Waals surface area contributed by atoms with Crippen LogP contribution < -0.4 is 5.73 Å². The average Bonchev–Trinajstić information content (AvgIpc) is 3.08. The summed E-state index contributed by atoms with van der Waals surface area (Å²) >= 11 is 0. The van der Waals surface area contributed by atoms with Gasteiger partial charge in [-0.25, -0.2) is 15.0 Å². The van der Waals surface area contributed by atoms with Gasteiger partial charge in [0.25, 0.3) is 0 Å². The van der Waals surface area contributed by atoms with Crippen LogP contribution in [0.5, 0.6) is 0 Å².